The van der Waals surface area contributed by atoms with Gasteiger partial charge in [-0.2, -0.15) is 5.10 Å². The average Bonchev–Trinajstić information content (AvgIpc) is 2.74. The normalized spacial score (nSPS) is 11.4. The lowest BCUT2D eigenvalue weighted by atomic mass is 10.2. The lowest BCUT2D eigenvalue weighted by molar-refractivity contribution is -0.119. The highest BCUT2D eigenvalue weighted by Gasteiger charge is 2.27. The number of anilines is 1. The number of rotatable bonds is 7. The number of nitrogens with zero attached hydrogens (tertiary/aromatic N) is 2. The van der Waals surface area contributed by atoms with Crippen LogP contribution in [0.5, 0.6) is 0 Å². The number of halogens is 1. The molecule has 1 amide bonds. The highest BCUT2D eigenvalue weighted by atomic mass is 79.9. The smallest absolute Gasteiger partial charge is 0.264 e. The van der Waals surface area contributed by atoms with Crippen molar-refractivity contribution in [3.05, 3.63) is 94.5 Å². The minimum atomic E-state index is -3.93. The molecule has 154 valence electrons. The van der Waals surface area contributed by atoms with E-state index in [4.69, 9.17) is 0 Å². The van der Waals surface area contributed by atoms with E-state index in [1.54, 1.807) is 36.4 Å². The summed E-state index contributed by atoms with van der Waals surface area (Å²) in [6, 6.07) is 22.4. The zero-order chi connectivity index (χ0) is 21.6. The van der Waals surface area contributed by atoms with Gasteiger partial charge in [0.15, 0.2) is 0 Å². The minimum absolute atomic E-state index is 0.109. The number of sulfonamides is 1. The maximum Gasteiger partial charge on any atom is 0.264 e. The number of benzene rings is 3. The van der Waals surface area contributed by atoms with Crippen molar-refractivity contribution in [1.82, 2.24) is 5.43 Å². The zero-order valence-corrected chi connectivity index (χ0v) is 18.6. The van der Waals surface area contributed by atoms with E-state index in [0.717, 1.165) is 19.9 Å². The first-order chi connectivity index (χ1) is 14.4. The first-order valence-corrected chi connectivity index (χ1v) is 11.3. The Bertz CT molecular complexity index is 1150. The van der Waals surface area contributed by atoms with E-state index in [2.05, 4.69) is 26.5 Å². The number of hydrogen-bond acceptors (Lipinski definition) is 4. The van der Waals surface area contributed by atoms with Crippen molar-refractivity contribution in [3.8, 4) is 0 Å². The maximum atomic E-state index is 13.2. The van der Waals surface area contributed by atoms with Gasteiger partial charge in [0.2, 0.25) is 0 Å². The molecule has 0 heterocycles. The topological polar surface area (TPSA) is 78.8 Å². The monoisotopic (exact) mass is 485 g/mol. The van der Waals surface area contributed by atoms with E-state index in [1.165, 1.54) is 18.3 Å². The van der Waals surface area contributed by atoms with Crippen LogP contribution in [0.4, 0.5) is 5.69 Å². The number of carbonyl (C=O) groups is 1. The van der Waals surface area contributed by atoms with Crippen molar-refractivity contribution in [2.75, 3.05) is 10.8 Å². The maximum absolute atomic E-state index is 13.2. The van der Waals surface area contributed by atoms with Crippen LogP contribution in [-0.2, 0) is 14.8 Å². The minimum Gasteiger partial charge on any atom is -0.271 e. The lowest BCUT2D eigenvalue weighted by Gasteiger charge is -2.24. The number of hydrazone groups is 1. The Morgan fingerprint density at radius 2 is 1.73 bits per heavy atom. The molecule has 0 radical (unpaired) electrons. The second-order valence-electron chi connectivity index (χ2n) is 6.51. The van der Waals surface area contributed by atoms with Gasteiger partial charge in [0, 0.05) is 4.47 Å². The van der Waals surface area contributed by atoms with Crippen molar-refractivity contribution in [2.24, 2.45) is 5.10 Å². The molecule has 0 saturated carbocycles. The van der Waals surface area contributed by atoms with E-state index in [9.17, 15) is 13.2 Å². The second-order valence-corrected chi connectivity index (χ2v) is 9.29. The molecule has 30 heavy (non-hydrogen) atoms. The molecule has 3 rings (SSSR count). The number of hydrogen-bond donors (Lipinski definition) is 1. The third kappa shape index (κ3) is 5.55. The number of amides is 1. The second kappa shape index (κ2) is 9.69. The summed E-state index contributed by atoms with van der Waals surface area (Å²) in [5, 5.41) is 3.93. The lowest BCUT2D eigenvalue weighted by Crippen LogP contribution is -2.39. The van der Waals surface area contributed by atoms with Gasteiger partial charge in [0.05, 0.1) is 16.8 Å². The SMILES string of the molecule is Cc1cccc(N(CC(=O)N/N=C\c2ccc(Br)cc2)S(=O)(=O)c2ccccc2)c1. The molecule has 0 aliphatic heterocycles. The van der Waals surface area contributed by atoms with E-state index in [-0.39, 0.29) is 4.90 Å². The molecule has 3 aromatic carbocycles. The fourth-order valence-electron chi connectivity index (χ4n) is 2.71. The van der Waals surface area contributed by atoms with Gasteiger partial charge >= 0.3 is 0 Å². The average molecular weight is 486 g/mol. The van der Waals surface area contributed by atoms with Gasteiger partial charge in [-0.15, -0.1) is 0 Å². The van der Waals surface area contributed by atoms with Gasteiger partial charge in [-0.1, -0.05) is 58.4 Å². The molecule has 0 atom stereocenters. The molecule has 0 unspecified atom stereocenters. The Labute approximate surface area is 184 Å². The summed E-state index contributed by atoms with van der Waals surface area (Å²) in [6.07, 6.45) is 1.49. The number of nitrogens with one attached hydrogen (secondary N) is 1. The van der Waals surface area contributed by atoms with E-state index < -0.39 is 22.5 Å². The van der Waals surface area contributed by atoms with Crippen LogP contribution in [0.2, 0.25) is 0 Å². The Morgan fingerprint density at radius 3 is 2.40 bits per heavy atom. The first kappa shape index (κ1) is 21.7. The summed E-state index contributed by atoms with van der Waals surface area (Å²) in [7, 11) is -3.93. The Balaban J connectivity index is 1.82. The molecule has 0 bridgehead atoms. The van der Waals surface area contributed by atoms with Gasteiger partial charge in [-0.25, -0.2) is 13.8 Å². The summed E-state index contributed by atoms with van der Waals surface area (Å²) in [5.41, 5.74) is 4.49. The fourth-order valence-corrected chi connectivity index (χ4v) is 4.41. The first-order valence-electron chi connectivity index (χ1n) is 9.08. The Hall–Kier alpha value is -2.97. The molecule has 0 aliphatic rings. The van der Waals surface area contributed by atoms with Crippen LogP contribution < -0.4 is 9.73 Å². The van der Waals surface area contributed by atoms with Gasteiger partial charge in [-0.05, 0) is 54.4 Å². The van der Waals surface area contributed by atoms with Gasteiger partial charge in [-0.3, -0.25) is 9.10 Å². The van der Waals surface area contributed by atoms with Crippen LogP contribution in [0.3, 0.4) is 0 Å². The molecular formula is C22H20BrN3O3S. The van der Waals surface area contributed by atoms with Crippen molar-refractivity contribution >= 4 is 43.8 Å². The molecule has 8 heteroatoms. The summed E-state index contributed by atoms with van der Waals surface area (Å²) in [4.78, 5) is 12.6. The molecule has 0 spiro atoms. The zero-order valence-electron chi connectivity index (χ0n) is 16.2. The Kier molecular flexibility index (Phi) is 7.02. The third-order valence-electron chi connectivity index (χ3n) is 4.18. The van der Waals surface area contributed by atoms with Crippen LogP contribution in [-0.4, -0.2) is 27.1 Å². The van der Waals surface area contributed by atoms with Gasteiger partial charge in [0.1, 0.15) is 6.54 Å². The number of aryl methyl sites for hydroxylation is 1. The van der Waals surface area contributed by atoms with E-state index >= 15 is 0 Å². The highest BCUT2D eigenvalue weighted by molar-refractivity contribution is 9.10. The van der Waals surface area contributed by atoms with Gasteiger partial charge < -0.3 is 0 Å². The van der Waals surface area contributed by atoms with Crippen LogP contribution in [0.1, 0.15) is 11.1 Å². The molecule has 0 saturated heterocycles. The number of carbonyl (C=O) groups excluding carboxylic acids is 1. The Morgan fingerprint density at radius 1 is 1.03 bits per heavy atom. The molecular weight excluding hydrogens is 466 g/mol. The molecule has 1 N–H and O–H groups in total. The molecule has 0 fully saturated rings. The molecule has 3 aromatic rings. The molecule has 6 nitrogen and oxygen atoms in total. The van der Waals surface area contributed by atoms with Crippen LogP contribution >= 0.6 is 15.9 Å². The van der Waals surface area contributed by atoms with Crippen LogP contribution in [0.15, 0.2) is 93.3 Å². The van der Waals surface area contributed by atoms with Crippen molar-refractivity contribution in [1.29, 1.82) is 0 Å². The summed E-state index contributed by atoms with van der Waals surface area (Å²) in [5.74, 6) is -0.552. The predicted molar refractivity (Wildman–Crippen MR) is 122 cm³/mol. The highest BCUT2D eigenvalue weighted by Crippen LogP contribution is 2.24. The van der Waals surface area contributed by atoms with Crippen molar-refractivity contribution < 1.29 is 13.2 Å². The summed E-state index contributed by atoms with van der Waals surface area (Å²) >= 11 is 3.35. The quantitative estimate of drug-likeness (QED) is 0.404. The van der Waals surface area contributed by atoms with Crippen LogP contribution in [0.25, 0.3) is 0 Å². The standard InChI is InChI=1S/C22H20BrN3O3S/c1-17-6-5-7-20(14-17)26(30(28,29)21-8-3-2-4-9-21)16-22(27)25-24-15-18-10-12-19(23)13-11-18/h2-15H,16H2,1H3,(H,25,27)/b24-15-. The van der Waals surface area contributed by atoms with Gasteiger partial charge in [0.25, 0.3) is 15.9 Å². The fraction of sp³-hybridized carbons (Fsp3) is 0.0909. The summed E-state index contributed by atoms with van der Waals surface area (Å²) in [6.45, 7) is 1.46. The predicted octanol–water partition coefficient (Wildman–Crippen LogP) is 4.10. The molecule has 0 aromatic heterocycles. The summed E-state index contributed by atoms with van der Waals surface area (Å²) < 4.78 is 28.4. The largest absolute Gasteiger partial charge is 0.271 e. The van der Waals surface area contributed by atoms with Crippen molar-refractivity contribution in [2.45, 2.75) is 11.8 Å². The third-order valence-corrected chi connectivity index (χ3v) is 6.50. The van der Waals surface area contributed by atoms with E-state index in [0.29, 0.717) is 5.69 Å². The molecule has 0 aliphatic carbocycles. The van der Waals surface area contributed by atoms with Crippen molar-refractivity contribution in [3.63, 3.8) is 0 Å². The van der Waals surface area contributed by atoms with E-state index in [1.807, 2.05) is 37.3 Å². The van der Waals surface area contributed by atoms with Crippen LogP contribution in [0, 0.1) is 6.92 Å².